The Bertz CT molecular complexity index is 849. The van der Waals surface area contributed by atoms with Gasteiger partial charge in [-0.2, -0.15) is 0 Å². The number of carbonyl (C=O) groups is 1. The molecule has 0 bridgehead atoms. The van der Waals surface area contributed by atoms with Crippen molar-refractivity contribution >= 4 is 22.8 Å². The molecule has 0 saturated carbocycles. The van der Waals surface area contributed by atoms with Gasteiger partial charge in [-0.25, -0.2) is 15.0 Å². The molecule has 0 atom stereocenters. The lowest BCUT2D eigenvalue weighted by molar-refractivity contribution is 0.0973. The fraction of sp³-hybridized carbons (Fsp3) is 0.0769. The normalized spacial score (nSPS) is 10.3. The second kappa shape index (κ2) is 5.40. The third-order valence-corrected chi connectivity index (χ3v) is 2.94. The molecule has 1 aromatic carbocycles. The van der Waals surface area contributed by atoms with Crippen LogP contribution in [0.15, 0.2) is 48.1 Å². The van der Waals surface area contributed by atoms with E-state index in [9.17, 15) is 4.79 Å². The predicted octanol–water partition coefficient (Wildman–Crippen LogP) is 2.65. The van der Waals surface area contributed by atoms with Gasteiger partial charge in [-0.05, 0) is 10.6 Å². The van der Waals surface area contributed by atoms with Crippen molar-refractivity contribution in [3.8, 4) is 0 Å². The first-order valence-electron chi connectivity index (χ1n) is 6.09. The van der Waals surface area contributed by atoms with Crippen molar-refractivity contribution in [2.24, 2.45) is 5.11 Å². The third kappa shape index (κ3) is 2.43. The summed E-state index contributed by atoms with van der Waals surface area (Å²) in [7, 11) is 0. The lowest BCUT2D eigenvalue weighted by Gasteiger charge is -2.04. The van der Waals surface area contributed by atoms with Gasteiger partial charge in [-0.1, -0.05) is 30.3 Å². The number of rotatable bonds is 4. The van der Waals surface area contributed by atoms with Crippen molar-refractivity contribution < 1.29 is 4.79 Å². The minimum Gasteiger partial charge on any atom is -0.320 e. The van der Waals surface area contributed by atoms with E-state index in [-0.39, 0.29) is 18.1 Å². The average molecular weight is 279 g/mol. The maximum atomic E-state index is 12.2. The van der Waals surface area contributed by atoms with Crippen LogP contribution in [0.3, 0.4) is 0 Å². The molecule has 0 aliphatic heterocycles. The van der Waals surface area contributed by atoms with Gasteiger partial charge in [0.1, 0.15) is 11.8 Å². The number of aromatic nitrogens is 4. The number of benzene rings is 1. The molecule has 0 saturated heterocycles. The van der Waals surface area contributed by atoms with Crippen LogP contribution in [0.4, 0.5) is 5.82 Å². The second-order valence-electron chi connectivity index (χ2n) is 4.22. The lowest BCUT2D eigenvalue weighted by Crippen LogP contribution is -2.09. The molecule has 0 unspecified atom stereocenters. The quantitative estimate of drug-likeness (QED) is 0.316. The van der Waals surface area contributed by atoms with Gasteiger partial charge < -0.3 is 4.57 Å². The van der Waals surface area contributed by atoms with Gasteiger partial charge in [0.15, 0.2) is 17.2 Å². The smallest absolute Gasteiger partial charge is 0.182 e. The maximum Gasteiger partial charge on any atom is 0.182 e. The highest BCUT2D eigenvalue weighted by atomic mass is 16.1. The van der Waals surface area contributed by atoms with Crippen LogP contribution in [0.2, 0.25) is 0 Å². The number of hydrogen-bond acceptors (Lipinski definition) is 5. The summed E-state index contributed by atoms with van der Waals surface area (Å²) < 4.78 is 1.58. The average Bonchev–Trinajstić information content (AvgIpc) is 2.93. The molecule has 2 aromatic heterocycles. The number of nitrogens with zero attached hydrogens (tertiary/aromatic N) is 7. The Morgan fingerprint density at radius 3 is 2.81 bits per heavy atom. The van der Waals surface area contributed by atoms with E-state index in [4.69, 9.17) is 5.53 Å². The summed E-state index contributed by atoms with van der Waals surface area (Å²) >= 11 is 0. The van der Waals surface area contributed by atoms with Gasteiger partial charge in [0, 0.05) is 10.5 Å². The van der Waals surface area contributed by atoms with Crippen LogP contribution in [0.1, 0.15) is 10.4 Å². The van der Waals surface area contributed by atoms with Crippen LogP contribution in [-0.4, -0.2) is 25.3 Å². The summed E-state index contributed by atoms with van der Waals surface area (Å²) in [5.74, 6) is 0.0755. The molecule has 0 N–H and O–H groups in total. The highest BCUT2D eigenvalue weighted by molar-refractivity contribution is 5.96. The number of hydrogen-bond donors (Lipinski definition) is 0. The van der Waals surface area contributed by atoms with Crippen LogP contribution >= 0.6 is 0 Å². The van der Waals surface area contributed by atoms with Gasteiger partial charge in [0.2, 0.25) is 0 Å². The maximum absolute atomic E-state index is 12.2. The Labute approximate surface area is 118 Å². The highest BCUT2D eigenvalue weighted by Crippen LogP contribution is 2.21. The second-order valence-corrected chi connectivity index (χ2v) is 4.22. The number of azide groups is 1. The molecule has 3 aromatic rings. The van der Waals surface area contributed by atoms with Gasteiger partial charge in [0.05, 0.1) is 12.9 Å². The first-order chi connectivity index (χ1) is 10.3. The van der Waals surface area contributed by atoms with E-state index in [0.29, 0.717) is 16.7 Å². The van der Waals surface area contributed by atoms with Crippen molar-refractivity contribution in [2.45, 2.75) is 6.54 Å². The van der Waals surface area contributed by atoms with E-state index < -0.39 is 0 Å². The molecule has 0 spiro atoms. The van der Waals surface area contributed by atoms with Crippen molar-refractivity contribution in [3.63, 3.8) is 0 Å². The van der Waals surface area contributed by atoms with Gasteiger partial charge >= 0.3 is 0 Å². The fourth-order valence-corrected chi connectivity index (χ4v) is 2.00. The minimum atomic E-state index is -0.0781. The minimum absolute atomic E-state index is 0.0713. The summed E-state index contributed by atoms with van der Waals surface area (Å²) in [6.07, 6.45) is 2.75. The SMILES string of the molecule is [N-]=[N+]=Nc1ncnc2ncn(CC(=O)c3ccccc3)c12. The van der Waals surface area contributed by atoms with E-state index in [0.717, 1.165) is 0 Å². The van der Waals surface area contributed by atoms with Crippen molar-refractivity contribution in [1.29, 1.82) is 0 Å². The van der Waals surface area contributed by atoms with Crippen LogP contribution in [0.5, 0.6) is 0 Å². The molecule has 0 radical (unpaired) electrons. The van der Waals surface area contributed by atoms with Crippen molar-refractivity contribution in [1.82, 2.24) is 19.5 Å². The molecule has 0 aliphatic rings. The number of carbonyl (C=O) groups excluding carboxylic acids is 1. The number of imidazole rings is 1. The molecule has 102 valence electrons. The highest BCUT2D eigenvalue weighted by Gasteiger charge is 2.13. The predicted molar refractivity (Wildman–Crippen MR) is 74.9 cm³/mol. The summed E-state index contributed by atoms with van der Waals surface area (Å²) in [6, 6.07) is 8.93. The summed E-state index contributed by atoms with van der Waals surface area (Å²) in [4.78, 5) is 26.9. The molecule has 8 nitrogen and oxygen atoms in total. The topological polar surface area (TPSA) is 109 Å². The first kappa shape index (κ1) is 12.8. The standard InChI is InChI=1S/C13H9N7O/c14-19-18-13-11-12(15-7-16-13)17-8-20(11)6-10(21)9-4-2-1-3-5-9/h1-5,7-8H,6H2. The lowest BCUT2D eigenvalue weighted by atomic mass is 10.1. The Morgan fingerprint density at radius 2 is 2.05 bits per heavy atom. The molecular weight excluding hydrogens is 270 g/mol. The van der Waals surface area contributed by atoms with E-state index in [2.05, 4.69) is 25.0 Å². The van der Waals surface area contributed by atoms with Crippen LogP contribution in [0, 0.1) is 0 Å². The van der Waals surface area contributed by atoms with Crippen LogP contribution in [-0.2, 0) is 6.54 Å². The van der Waals surface area contributed by atoms with E-state index >= 15 is 0 Å². The van der Waals surface area contributed by atoms with Gasteiger partial charge in [0.25, 0.3) is 0 Å². The van der Waals surface area contributed by atoms with Crippen LogP contribution in [0.25, 0.3) is 21.6 Å². The molecule has 21 heavy (non-hydrogen) atoms. The Balaban J connectivity index is 2.02. The molecule has 0 amide bonds. The zero-order chi connectivity index (χ0) is 14.7. The summed E-state index contributed by atoms with van der Waals surface area (Å²) in [5, 5.41) is 3.51. The van der Waals surface area contributed by atoms with Crippen LogP contribution < -0.4 is 0 Å². The fourth-order valence-electron chi connectivity index (χ4n) is 2.00. The molecule has 3 rings (SSSR count). The number of Topliss-reactive ketones (excluding diaryl/α,β-unsaturated/α-hetero) is 1. The molecule has 0 fully saturated rings. The molecule has 0 aliphatic carbocycles. The summed E-state index contributed by atoms with van der Waals surface area (Å²) in [5.41, 5.74) is 9.99. The molecule has 2 heterocycles. The first-order valence-corrected chi connectivity index (χ1v) is 6.09. The monoisotopic (exact) mass is 279 g/mol. The van der Waals surface area contributed by atoms with Crippen molar-refractivity contribution in [3.05, 3.63) is 59.0 Å². The Kier molecular flexibility index (Phi) is 3.28. The largest absolute Gasteiger partial charge is 0.320 e. The van der Waals surface area contributed by atoms with E-state index in [1.54, 1.807) is 28.8 Å². The van der Waals surface area contributed by atoms with E-state index in [1.165, 1.54) is 12.7 Å². The Morgan fingerprint density at radius 1 is 1.24 bits per heavy atom. The molecule has 8 heteroatoms. The number of ketones is 1. The van der Waals surface area contributed by atoms with Crippen molar-refractivity contribution in [2.75, 3.05) is 0 Å². The zero-order valence-electron chi connectivity index (χ0n) is 10.8. The molecular formula is C13H9N7O. The third-order valence-electron chi connectivity index (χ3n) is 2.94. The number of fused-ring (bicyclic) bond motifs is 1. The van der Waals surface area contributed by atoms with E-state index in [1.807, 2.05) is 6.07 Å². The van der Waals surface area contributed by atoms with Gasteiger partial charge in [-0.15, -0.1) is 0 Å². The Hall–Kier alpha value is -3.25. The summed E-state index contributed by atoms with van der Waals surface area (Å²) in [6.45, 7) is 0.0713. The zero-order valence-corrected chi connectivity index (χ0v) is 10.8. The van der Waals surface area contributed by atoms with Gasteiger partial charge in [-0.3, -0.25) is 4.79 Å².